The van der Waals surface area contributed by atoms with Crippen LogP contribution in [-0.4, -0.2) is 0 Å². The molecule has 0 nitrogen and oxygen atoms in total. The maximum atomic E-state index is 5.84. The summed E-state index contributed by atoms with van der Waals surface area (Å²) in [7, 11) is 0. The van der Waals surface area contributed by atoms with Crippen LogP contribution in [0, 0.1) is 0 Å². The first-order chi connectivity index (χ1) is 5.59. The van der Waals surface area contributed by atoms with Crippen molar-refractivity contribution < 1.29 is 0 Å². The van der Waals surface area contributed by atoms with Gasteiger partial charge in [-0.05, 0) is 31.0 Å². The van der Waals surface area contributed by atoms with Crippen molar-refractivity contribution in [1.82, 2.24) is 0 Å². The normalized spacial score (nSPS) is 9.92. The van der Waals surface area contributed by atoms with Gasteiger partial charge >= 0.3 is 0 Å². The second kappa shape index (κ2) is 3.97. The van der Waals surface area contributed by atoms with Gasteiger partial charge in [0.05, 0.1) is 10.0 Å². The van der Waals surface area contributed by atoms with Crippen molar-refractivity contribution in [2.24, 2.45) is 0 Å². The van der Waals surface area contributed by atoms with Gasteiger partial charge in [0.1, 0.15) is 0 Å². The zero-order chi connectivity index (χ0) is 9.14. The number of benzene rings is 1. The van der Waals surface area contributed by atoms with Crippen LogP contribution in [-0.2, 0) is 6.42 Å². The van der Waals surface area contributed by atoms with Gasteiger partial charge < -0.3 is 0 Å². The highest BCUT2D eigenvalue weighted by molar-refractivity contribution is 6.42. The van der Waals surface area contributed by atoms with Gasteiger partial charge in [-0.3, -0.25) is 0 Å². The van der Waals surface area contributed by atoms with E-state index in [2.05, 4.69) is 6.58 Å². The van der Waals surface area contributed by atoms with E-state index in [0.29, 0.717) is 10.0 Å². The van der Waals surface area contributed by atoms with E-state index in [-0.39, 0.29) is 0 Å². The van der Waals surface area contributed by atoms with Gasteiger partial charge in [-0.2, -0.15) is 0 Å². The van der Waals surface area contributed by atoms with Crippen LogP contribution in [0.5, 0.6) is 0 Å². The van der Waals surface area contributed by atoms with E-state index in [1.54, 1.807) is 0 Å². The Balaban J connectivity index is 2.89. The van der Waals surface area contributed by atoms with Crippen molar-refractivity contribution >= 4 is 23.2 Å². The summed E-state index contributed by atoms with van der Waals surface area (Å²) in [4.78, 5) is 0. The molecule has 0 unspecified atom stereocenters. The lowest BCUT2D eigenvalue weighted by Gasteiger charge is -2.01. The van der Waals surface area contributed by atoms with Crippen molar-refractivity contribution in [3.05, 3.63) is 46.0 Å². The van der Waals surface area contributed by atoms with Crippen LogP contribution in [0.15, 0.2) is 30.4 Å². The molecule has 0 N–H and O–H groups in total. The fourth-order valence-electron chi connectivity index (χ4n) is 0.998. The van der Waals surface area contributed by atoms with E-state index >= 15 is 0 Å². The molecule has 2 heteroatoms. The van der Waals surface area contributed by atoms with E-state index in [9.17, 15) is 0 Å². The summed E-state index contributed by atoms with van der Waals surface area (Å²) in [6, 6.07) is 5.64. The zero-order valence-corrected chi connectivity index (χ0v) is 8.41. The van der Waals surface area contributed by atoms with Crippen LogP contribution >= 0.6 is 23.2 Å². The third-order valence-corrected chi connectivity index (χ3v) is 2.23. The third kappa shape index (κ3) is 2.54. The van der Waals surface area contributed by atoms with Gasteiger partial charge in [0.25, 0.3) is 0 Å². The summed E-state index contributed by atoms with van der Waals surface area (Å²) < 4.78 is 0. The number of hydrogen-bond acceptors (Lipinski definition) is 0. The second-order valence-electron chi connectivity index (χ2n) is 2.88. The average Bonchev–Trinajstić information content (AvgIpc) is 1.96. The van der Waals surface area contributed by atoms with Crippen LogP contribution in [0.2, 0.25) is 10.0 Å². The lowest BCUT2D eigenvalue weighted by Crippen LogP contribution is -1.84. The van der Waals surface area contributed by atoms with Gasteiger partial charge in [0.15, 0.2) is 0 Å². The minimum atomic E-state index is 0.599. The van der Waals surface area contributed by atoms with Crippen molar-refractivity contribution in [2.45, 2.75) is 13.3 Å². The van der Waals surface area contributed by atoms with Crippen molar-refractivity contribution in [1.29, 1.82) is 0 Å². The maximum absolute atomic E-state index is 5.84. The first-order valence-electron chi connectivity index (χ1n) is 3.68. The Morgan fingerprint density at radius 3 is 2.50 bits per heavy atom. The lowest BCUT2D eigenvalue weighted by molar-refractivity contribution is 1.15. The minimum absolute atomic E-state index is 0.599. The topological polar surface area (TPSA) is 0 Å². The van der Waals surface area contributed by atoms with Gasteiger partial charge in [-0.15, -0.1) is 0 Å². The number of rotatable bonds is 2. The fourth-order valence-corrected chi connectivity index (χ4v) is 1.32. The second-order valence-corrected chi connectivity index (χ2v) is 3.70. The summed E-state index contributed by atoms with van der Waals surface area (Å²) in [5.74, 6) is 0. The minimum Gasteiger partial charge on any atom is -0.0998 e. The molecule has 12 heavy (non-hydrogen) atoms. The molecule has 0 amide bonds. The highest BCUT2D eigenvalue weighted by Gasteiger charge is 1.98. The Hall–Kier alpha value is -0.460. The molecule has 0 heterocycles. The molecule has 1 aromatic carbocycles. The quantitative estimate of drug-likeness (QED) is 0.631. The van der Waals surface area contributed by atoms with E-state index in [1.807, 2.05) is 25.1 Å². The highest BCUT2D eigenvalue weighted by atomic mass is 35.5. The SMILES string of the molecule is C=C(C)Cc1ccc(Cl)c(Cl)c1. The van der Waals surface area contributed by atoms with E-state index in [4.69, 9.17) is 23.2 Å². The molecular formula is C10H10Cl2. The molecule has 0 aliphatic rings. The molecule has 0 aliphatic heterocycles. The first-order valence-corrected chi connectivity index (χ1v) is 4.43. The summed E-state index contributed by atoms with van der Waals surface area (Å²) in [5.41, 5.74) is 2.27. The van der Waals surface area contributed by atoms with Gasteiger partial charge in [-0.1, -0.05) is 41.4 Å². The monoisotopic (exact) mass is 200 g/mol. The fraction of sp³-hybridized carbons (Fsp3) is 0.200. The van der Waals surface area contributed by atoms with Gasteiger partial charge in [-0.25, -0.2) is 0 Å². The molecule has 0 aliphatic carbocycles. The predicted octanol–water partition coefficient (Wildman–Crippen LogP) is 4.11. The average molecular weight is 201 g/mol. The summed E-state index contributed by atoms with van der Waals surface area (Å²) >= 11 is 11.6. The number of hydrogen-bond donors (Lipinski definition) is 0. The van der Waals surface area contributed by atoms with Crippen molar-refractivity contribution in [3.8, 4) is 0 Å². The van der Waals surface area contributed by atoms with E-state index < -0.39 is 0 Å². The predicted molar refractivity (Wildman–Crippen MR) is 55.0 cm³/mol. The summed E-state index contributed by atoms with van der Waals surface area (Å²) in [6.45, 7) is 5.82. The third-order valence-electron chi connectivity index (χ3n) is 1.49. The largest absolute Gasteiger partial charge is 0.0998 e. The Kier molecular flexibility index (Phi) is 3.19. The van der Waals surface area contributed by atoms with Crippen LogP contribution in [0.1, 0.15) is 12.5 Å². The molecule has 0 bridgehead atoms. The molecule has 0 radical (unpaired) electrons. The first kappa shape index (κ1) is 9.63. The smallest absolute Gasteiger partial charge is 0.0595 e. The highest BCUT2D eigenvalue weighted by Crippen LogP contribution is 2.23. The molecule has 1 aromatic rings. The van der Waals surface area contributed by atoms with Gasteiger partial charge in [0.2, 0.25) is 0 Å². The number of halogens is 2. The Bertz CT molecular complexity index is 303. The molecule has 0 fully saturated rings. The van der Waals surface area contributed by atoms with E-state index in [1.165, 1.54) is 0 Å². The Morgan fingerprint density at radius 1 is 1.33 bits per heavy atom. The maximum Gasteiger partial charge on any atom is 0.0595 e. The number of allylic oxidation sites excluding steroid dienone is 1. The molecule has 0 aromatic heterocycles. The van der Waals surface area contributed by atoms with Crippen LogP contribution < -0.4 is 0 Å². The molecular weight excluding hydrogens is 191 g/mol. The Labute approximate surface area is 82.8 Å². The lowest BCUT2D eigenvalue weighted by atomic mass is 10.1. The zero-order valence-electron chi connectivity index (χ0n) is 6.90. The Morgan fingerprint density at radius 2 is 2.00 bits per heavy atom. The molecule has 0 spiro atoms. The van der Waals surface area contributed by atoms with E-state index in [0.717, 1.165) is 17.6 Å². The molecule has 0 atom stereocenters. The van der Waals surface area contributed by atoms with Crippen LogP contribution in [0.25, 0.3) is 0 Å². The molecule has 0 saturated carbocycles. The van der Waals surface area contributed by atoms with Crippen molar-refractivity contribution in [3.63, 3.8) is 0 Å². The molecule has 0 saturated heterocycles. The van der Waals surface area contributed by atoms with Crippen LogP contribution in [0.4, 0.5) is 0 Å². The molecule has 1 rings (SSSR count). The van der Waals surface area contributed by atoms with Crippen molar-refractivity contribution in [2.75, 3.05) is 0 Å². The molecule has 64 valence electrons. The van der Waals surface area contributed by atoms with Crippen LogP contribution in [0.3, 0.4) is 0 Å². The van der Waals surface area contributed by atoms with Gasteiger partial charge in [0, 0.05) is 0 Å². The summed E-state index contributed by atoms with van der Waals surface area (Å²) in [6.07, 6.45) is 0.858. The summed E-state index contributed by atoms with van der Waals surface area (Å²) in [5, 5.41) is 1.21. The standard InChI is InChI=1S/C10H10Cl2/c1-7(2)5-8-3-4-9(11)10(12)6-8/h3-4,6H,1,5H2,2H3.